The van der Waals surface area contributed by atoms with Crippen LogP contribution in [0.3, 0.4) is 0 Å². The Balaban J connectivity index is 2.03. The molecule has 3 aromatic heterocycles. The normalized spacial score (nSPS) is 10.9. The number of hydrogen-bond acceptors (Lipinski definition) is 8. The molecule has 0 amide bonds. The number of aliphatic hydroxyl groups excluding tert-OH is 1. The van der Waals surface area contributed by atoms with Gasteiger partial charge < -0.3 is 25.0 Å². The Morgan fingerprint density at radius 2 is 2.07 bits per heavy atom. The topological polar surface area (TPSA) is 114 Å². The highest BCUT2D eigenvalue weighted by Crippen LogP contribution is 2.25. The summed E-state index contributed by atoms with van der Waals surface area (Å²) in [5.41, 5.74) is 1.85. The zero-order chi connectivity index (χ0) is 19.2. The van der Waals surface area contributed by atoms with Crippen LogP contribution >= 0.6 is 0 Å². The maximum atomic E-state index is 12.5. The van der Waals surface area contributed by atoms with Crippen LogP contribution in [0.5, 0.6) is 0 Å². The van der Waals surface area contributed by atoms with Crippen LogP contribution in [0.2, 0.25) is 0 Å². The van der Waals surface area contributed by atoms with Gasteiger partial charge in [0.05, 0.1) is 30.8 Å². The second-order valence-electron chi connectivity index (χ2n) is 5.91. The van der Waals surface area contributed by atoms with E-state index in [4.69, 9.17) is 9.84 Å². The van der Waals surface area contributed by atoms with Crippen LogP contribution in [0.4, 0.5) is 11.6 Å². The van der Waals surface area contributed by atoms with E-state index in [-0.39, 0.29) is 12.2 Å². The third kappa shape index (κ3) is 4.21. The van der Waals surface area contributed by atoms with E-state index in [0.29, 0.717) is 47.9 Å². The monoisotopic (exact) mass is 370 g/mol. The summed E-state index contributed by atoms with van der Waals surface area (Å²) in [4.78, 5) is 25.8. The molecule has 0 radical (unpaired) electrons. The molecule has 9 heteroatoms. The summed E-state index contributed by atoms with van der Waals surface area (Å²) >= 11 is 0. The van der Waals surface area contributed by atoms with E-state index in [9.17, 15) is 4.79 Å². The predicted molar refractivity (Wildman–Crippen MR) is 104 cm³/mol. The van der Waals surface area contributed by atoms with Gasteiger partial charge in [0.1, 0.15) is 17.0 Å². The fourth-order valence-corrected chi connectivity index (χ4v) is 2.60. The van der Waals surface area contributed by atoms with E-state index >= 15 is 0 Å². The number of anilines is 2. The van der Waals surface area contributed by atoms with Crippen LogP contribution in [-0.2, 0) is 11.8 Å². The molecule has 0 atom stereocenters. The van der Waals surface area contributed by atoms with E-state index < -0.39 is 0 Å². The van der Waals surface area contributed by atoms with Crippen molar-refractivity contribution in [3.63, 3.8) is 0 Å². The van der Waals surface area contributed by atoms with Crippen molar-refractivity contribution in [2.45, 2.75) is 0 Å². The summed E-state index contributed by atoms with van der Waals surface area (Å²) < 4.78 is 6.49. The Morgan fingerprint density at radius 3 is 2.78 bits per heavy atom. The van der Waals surface area contributed by atoms with Gasteiger partial charge in [-0.3, -0.25) is 4.79 Å². The van der Waals surface area contributed by atoms with Crippen molar-refractivity contribution in [2.24, 2.45) is 7.05 Å². The smallest absolute Gasteiger partial charge is 0.264 e. The highest BCUT2D eigenvalue weighted by Gasteiger charge is 2.13. The van der Waals surface area contributed by atoms with Crippen LogP contribution in [0.25, 0.3) is 22.2 Å². The Morgan fingerprint density at radius 1 is 1.22 bits per heavy atom. The quantitative estimate of drug-likeness (QED) is 0.500. The Kier molecular flexibility index (Phi) is 5.94. The maximum Gasteiger partial charge on any atom is 0.264 e. The number of ether oxygens (including phenoxy) is 1. The van der Waals surface area contributed by atoms with Gasteiger partial charge in [-0.2, -0.15) is 0 Å². The van der Waals surface area contributed by atoms with E-state index in [1.165, 1.54) is 10.9 Å². The zero-order valence-electron chi connectivity index (χ0n) is 15.3. The highest BCUT2D eigenvalue weighted by atomic mass is 16.5. The number of nitrogens with one attached hydrogen (secondary N) is 2. The van der Waals surface area contributed by atoms with Crippen molar-refractivity contribution in [1.82, 2.24) is 19.5 Å². The van der Waals surface area contributed by atoms with Gasteiger partial charge in [0.25, 0.3) is 5.56 Å². The standard InChI is InChI=1S/C18H22N6O3/c1-24-11-22-14-9-13(12-3-4-15(21-10-12)19-5-7-25)23-17(16(14)18(24)26)20-6-8-27-2/h3-4,9-11,25H,5-8H2,1-2H3,(H,19,21)(H,20,23). The minimum absolute atomic E-state index is 0.0345. The first kappa shape index (κ1) is 18.7. The van der Waals surface area contributed by atoms with Crippen LogP contribution in [0, 0.1) is 0 Å². The minimum Gasteiger partial charge on any atom is -0.395 e. The molecule has 0 spiro atoms. The Hall–Kier alpha value is -3.04. The molecule has 0 bridgehead atoms. The summed E-state index contributed by atoms with van der Waals surface area (Å²) in [5.74, 6) is 1.13. The largest absolute Gasteiger partial charge is 0.395 e. The van der Waals surface area contributed by atoms with Crippen molar-refractivity contribution in [1.29, 1.82) is 0 Å². The van der Waals surface area contributed by atoms with E-state index in [2.05, 4.69) is 25.6 Å². The molecule has 3 aromatic rings. The number of hydrogen-bond donors (Lipinski definition) is 3. The van der Waals surface area contributed by atoms with Crippen LogP contribution in [0.1, 0.15) is 0 Å². The minimum atomic E-state index is -0.166. The molecule has 3 N–H and O–H groups in total. The molecule has 9 nitrogen and oxygen atoms in total. The van der Waals surface area contributed by atoms with E-state index in [0.717, 1.165) is 5.56 Å². The van der Waals surface area contributed by atoms with Crippen molar-refractivity contribution in [2.75, 3.05) is 44.0 Å². The number of nitrogens with zero attached hydrogens (tertiary/aromatic N) is 4. The molecule has 0 saturated carbocycles. The van der Waals surface area contributed by atoms with Gasteiger partial charge in [0.15, 0.2) is 0 Å². The number of fused-ring (bicyclic) bond motifs is 1. The lowest BCUT2D eigenvalue weighted by Crippen LogP contribution is -2.20. The van der Waals surface area contributed by atoms with Crippen LogP contribution in [0.15, 0.2) is 35.5 Å². The van der Waals surface area contributed by atoms with Crippen LogP contribution in [-0.4, -0.2) is 58.0 Å². The number of aliphatic hydroxyl groups is 1. The molecule has 0 aromatic carbocycles. The fraction of sp³-hybridized carbons (Fsp3) is 0.333. The Bertz CT molecular complexity index is 971. The molecular weight excluding hydrogens is 348 g/mol. The predicted octanol–water partition coefficient (Wildman–Crippen LogP) is 0.853. The molecule has 0 aliphatic rings. The number of methoxy groups -OCH3 is 1. The van der Waals surface area contributed by atoms with Crippen molar-refractivity contribution >= 4 is 22.5 Å². The number of rotatable bonds is 8. The first-order valence-electron chi connectivity index (χ1n) is 8.54. The summed E-state index contributed by atoms with van der Waals surface area (Å²) in [5, 5.41) is 15.5. The van der Waals surface area contributed by atoms with Gasteiger partial charge in [-0.25, -0.2) is 15.0 Å². The first-order chi connectivity index (χ1) is 13.1. The van der Waals surface area contributed by atoms with E-state index in [1.807, 2.05) is 12.1 Å². The van der Waals surface area contributed by atoms with Crippen LogP contribution < -0.4 is 16.2 Å². The summed E-state index contributed by atoms with van der Waals surface area (Å²) in [7, 11) is 3.27. The van der Waals surface area contributed by atoms with Gasteiger partial charge in [0, 0.05) is 39.0 Å². The molecule has 3 heterocycles. The average molecular weight is 370 g/mol. The lowest BCUT2D eigenvalue weighted by Gasteiger charge is -2.12. The van der Waals surface area contributed by atoms with Crippen molar-refractivity contribution < 1.29 is 9.84 Å². The van der Waals surface area contributed by atoms with Crippen molar-refractivity contribution in [3.8, 4) is 11.3 Å². The third-order valence-electron chi connectivity index (χ3n) is 3.98. The summed E-state index contributed by atoms with van der Waals surface area (Å²) in [6, 6.07) is 5.46. The van der Waals surface area contributed by atoms with Gasteiger partial charge in [0.2, 0.25) is 0 Å². The third-order valence-corrected chi connectivity index (χ3v) is 3.98. The maximum absolute atomic E-state index is 12.5. The second kappa shape index (κ2) is 8.56. The molecule has 0 fully saturated rings. The summed E-state index contributed by atoms with van der Waals surface area (Å²) in [6.45, 7) is 1.47. The fourth-order valence-electron chi connectivity index (χ4n) is 2.60. The number of aromatic nitrogens is 4. The molecule has 0 unspecified atom stereocenters. The van der Waals surface area contributed by atoms with E-state index in [1.54, 1.807) is 26.4 Å². The van der Waals surface area contributed by atoms with Gasteiger partial charge in [-0.15, -0.1) is 0 Å². The van der Waals surface area contributed by atoms with Gasteiger partial charge in [-0.05, 0) is 18.2 Å². The van der Waals surface area contributed by atoms with Gasteiger partial charge >= 0.3 is 0 Å². The highest BCUT2D eigenvalue weighted by molar-refractivity contribution is 5.91. The molecule has 0 aliphatic carbocycles. The number of pyridine rings is 2. The zero-order valence-corrected chi connectivity index (χ0v) is 15.3. The van der Waals surface area contributed by atoms with Crippen molar-refractivity contribution in [3.05, 3.63) is 41.1 Å². The van der Waals surface area contributed by atoms with Gasteiger partial charge in [-0.1, -0.05) is 0 Å². The second-order valence-corrected chi connectivity index (χ2v) is 5.91. The Labute approximate surface area is 156 Å². The molecule has 142 valence electrons. The SMILES string of the molecule is COCCNc1nc(-c2ccc(NCCO)nc2)cc2ncn(C)c(=O)c12. The summed E-state index contributed by atoms with van der Waals surface area (Å²) in [6.07, 6.45) is 3.18. The lowest BCUT2D eigenvalue weighted by molar-refractivity contribution is 0.210. The molecule has 0 aliphatic heterocycles. The molecule has 0 saturated heterocycles. The average Bonchev–Trinajstić information content (AvgIpc) is 2.69. The lowest BCUT2D eigenvalue weighted by atomic mass is 10.1. The molecular formula is C18H22N6O3. The molecule has 27 heavy (non-hydrogen) atoms. The number of aryl methyl sites for hydroxylation is 1. The first-order valence-corrected chi connectivity index (χ1v) is 8.54. The molecule has 3 rings (SSSR count).